The maximum atomic E-state index is 13.8. The number of carbonyl (C=O) groups excluding carboxylic acids is 2. The van der Waals surface area contributed by atoms with Gasteiger partial charge in [-0.05, 0) is 55.9 Å². The summed E-state index contributed by atoms with van der Waals surface area (Å²) in [7, 11) is -3.76. The number of sulfonamides is 1. The van der Waals surface area contributed by atoms with Crippen LogP contribution in [0.4, 0.5) is 5.69 Å². The van der Waals surface area contributed by atoms with E-state index in [1.54, 1.807) is 0 Å². The number of hydrogen-bond donors (Lipinski definition) is 1. The number of carbonyl (C=O) groups is 2. The van der Waals surface area contributed by atoms with Crippen molar-refractivity contribution in [3.63, 3.8) is 0 Å². The highest BCUT2D eigenvalue weighted by atomic mass is 32.2. The van der Waals surface area contributed by atoms with E-state index in [2.05, 4.69) is 5.32 Å². The Morgan fingerprint density at radius 2 is 1.54 bits per heavy atom. The smallest absolute Gasteiger partial charge is 0.244 e. The summed E-state index contributed by atoms with van der Waals surface area (Å²) in [5.41, 5.74) is 3.94. The standard InChI is InChI=1S/C27H39N3O4S/c1-7-9-17-28-27(32)24(8-2)29(18-23-16-11-10-13-20(23)3)25(31)19-30(35(6,33)34)26-21(4)14-12-15-22(26)5/h10-16,24H,7-9,17-19H2,1-6H3,(H,28,32). The van der Waals surface area contributed by atoms with Crippen LogP contribution in [0.25, 0.3) is 0 Å². The zero-order chi connectivity index (χ0) is 26.2. The van der Waals surface area contributed by atoms with Crippen molar-refractivity contribution in [3.8, 4) is 0 Å². The maximum Gasteiger partial charge on any atom is 0.244 e. The highest BCUT2D eigenvalue weighted by Crippen LogP contribution is 2.27. The number of nitrogens with zero attached hydrogens (tertiary/aromatic N) is 2. The largest absolute Gasteiger partial charge is 0.354 e. The van der Waals surface area contributed by atoms with E-state index in [0.717, 1.165) is 45.7 Å². The third-order valence-corrected chi connectivity index (χ3v) is 7.30. The Balaban J connectivity index is 2.47. The van der Waals surface area contributed by atoms with Crippen LogP contribution in [0.3, 0.4) is 0 Å². The monoisotopic (exact) mass is 501 g/mol. The molecule has 0 heterocycles. The van der Waals surface area contributed by atoms with Gasteiger partial charge in [-0.1, -0.05) is 62.7 Å². The van der Waals surface area contributed by atoms with Crippen LogP contribution in [0.1, 0.15) is 55.4 Å². The van der Waals surface area contributed by atoms with Crippen molar-refractivity contribution in [3.05, 3.63) is 64.7 Å². The molecule has 0 radical (unpaired) electrons. The molecule has 1 atom stereocenters. The Morgan fingerprint density at radius 3 is 2.09 bits per heavy atom. The third-order valence-electron chi connectivity index (χ3n) is 6.19. The second-order valence-corrected chi connectivity index (χ2v) is 10.9. The fourth-order valence-electron chi connectivity index (χ4n) is 4.17. The first-order valence-corrected chi connectivity index (χ1v) is 14.0. The number of anilines is 1. The molecule has 0 fully saturated rings. The summed E-state index contributed by atoms with van der Waals surface area (Å²) < 4.78 is 26.8. The minimum Gasteiger partial charge on any atom is -0.354 e. The summed E-state index contributed by atoms with van der Waals surface area (Å²) in [5, 5.41) is 2.94. The third kappa shape index (κ3) is 7.56. The average Bonchev–Trinajstić information content (AvgIpc) is 2.78. The molecule has 0 spiro atoms. The first kappa shape index (κ1) is 28.4. The molecule has 192 valence electrons. The summed E-state index contributed by atoms with van der Waals surface area (Å²) in [6, 6.07) is 12.5. The Hall–Kier alpha value is -2.87. The zero-order valence-corrected chi connectivity index (χ0v) is 22.6. The Morgan fingerprint density at radius 1 is 0.943 bits per heavy atom. The summed E-state index contributed by atoms with van der Waals surface area (Å²) in [4.78, 5) is 28.4. The topological polar surface area (TPSA) is 86.8 Å². The molecule has 2 aromatic carbocycles. The van der Waals surface area contributed by atoms with E-state index in [1.165, 1.54) is 4.90 Å². The van der Waals surface area contributed by atoms with Crippen LogP contribution in [0.2, 0.25) is 0 Å². The predicted molar refractivity (Wildman–Crippen MR) is 142 cm³/mol. The van der Waals surface area contributed by atoms with E-state index < -0.39 is 22.0 Å². The van der Waals surface area contributed by atoms with Crippen molar-refractivity contribution < 1.29 is 18.0 Å². The molecule has 0 bridgehead atoms. The number of hydrogen-bond acceptors (Lipinski definition) is 4. The second kappa shape index (κ2) is 12.7. The second-order valence-electron chi connectivity index (χ2n) is 9.03. The highest BCUT2D eigenvalue weighted by Gasteiger charge is 2.32. The van der Waals surface area contributed by atoms with Gasteiger partial charge in [0, 0.05) is 13.1 Å². The Labute approximate surface area is 210 Å². The SMILES string of the molecule is CCCCNC(=O)C(CC)N(Cc1ccccc1C)C(=O)CN(c1c(C)cccc1C)S(C)(=O)=O. The van der Waals surface area contributed by atoms with Gasteiger partial charge in [0.2, 0.25) is 21.8 Å². The molecule has 8 heteroatoms. The predicted octanol–water partition coefficient (Wildman–Crippen LogP) is 4.10. The number of rotatable bonds is 12. The quantitative estimate of drug-likeness (QED) is 0.444. The molecule has 7 nitrogen and oxygen atoms in total. The van der Waals surface area contributed by atoms with Crippen molar-refractivity contribution in [2.75, 3.05) is 23.7 Å². The zero-order valence-electron chi connectivity index (χ0n) is 21.8. The lowest BCUT2D eigenvalue weighted by atomic mass is 10.1. The normalized spacial score (nSPS) is 12.2. The van der Waals surface area contributed by atoms with E-state index in [-0.39, 0.29) is 19.0 Å². The molecule has 0 aromatic heterocycles. The minimum atomic E-state index is -3.76. The van der Waals surface area contributed by atoms with Gasteiger partial charge in [0.05, 0.1) is 11.9 Å². The first-order valence-electron chi connectivity index (χ1n) is 12.2. The van der Waals surface area contributed by atoms with Crippen LogP contribution in [-0.4, -0.2) is 50.5 Å². The number of amides is 2. The van der Waals surface area contributed by atoms with Crippen molar-refractivity contribution in [1.82, 2.24) is 10.2 Å². The van der Waals surface area contributed by atoms with Gasteiger partial charge in [0.1, 0.15) is 12.6 Å². The fraction of sp³-hybridized carbons (Fsp3) is 0.481. The molecule has 0 saturated heterocycles. The van der Waals surface area contributed by atoms with Crippen molar-refractivity contribution in [1.29, 1.82) is 0 Å². The van der Waals surface area contributed by atoms with Gasteiger partial charge in [-0.25, -0.2) is 8.42 Å². The van der Waals surface area contributed by atoms with Crippen LogP contribution < -0.4 is 9.62 Å². The minimum absolute atomic E-state index is 0.218. The lowest BCUT2D eigenvalue weighted by molar-refractivity contribution is -0.140. The molecular formula is C27H39N3O4S. The Kier molecular flexibility index (Phi) is 10.3. The Bertz CT molecular complexity index is 1110. The van der Waals surface area contributed by atoms with Crippen molar-refractivity contribution in [2.45, 2.75) is 66.5 Å². The number of nitrogens with one attached hydrogen (secondary N) is 1. The van der Waals surface area contributed by atoms with Gasteiger partial charge >= 0.3 is 0 Å². The van der Waals surface area contributed by atoms with Gasteiger partial charge in [-0.2, -0.15) is 0 Å². The van der Waals surface area contributed by atoms with E-state index in [4.69, 9.17) is 0 Å². The summed E-state index contributed by atoms with van der Waals surface area (Å²) >= 11 is 0. The number of aryl methyl sites for hydroxylation is 3. The summed E-state index contributed by atoms with van der Waals surface area (Å²) in [6.07, 6.45) is 3.31. The molecule has 1 unspecified atom stereocenters. The molecule has 1 N–H and O–H groups in total. The van der Waals surface area contributed by atoms with Gasteiger partial charge in [-0.3, -0.25) is 13.9 Å². The average molecular weight is 502 g/mol. The van der Waals surface area contributed by atoms with E-state index in [9.17, 15) is 18.0 Å². The molecule has 2 aromatic rings. The van der Waals surface area contributed by atoms with Crippen LogP contribution in [0, 0.1) is 20.8 Å². The van der Waals surface area contributed by atoms with Crippen LogP contribution in [-0.2, 0) is 26.2 Å². The first-order chi connectivity index (χ1) is 16.5. The van der Waals surface area contributed by atoms with Gasteiger partial charge in [0.15, 0.2) is 0 Å². The summed E-state index contributed by atoms with van der Waals surface area (Å²) in [6.45, 7) is 9.89. The van der Waals surface area contributed by atoms with Gasteiger partial charge in [0.25, 0.3) is 0 Å². The molecular weight excluding hydrogens is 462 g/mol. The molecule has 0 aliphatic rings. The lowest BCUT2D eigenvalue weighted by Gasteiger charge is -2.33. The molecule has 2 rings (SSSR count). The van der Waals surface area contributed by atoms with Gasteiger partial charge < -0.3 is 10.2 Å². The highest BCUT2D eigenvalue weighted by molar-refractivity contribution is 7.92. The van der Waals surface area contributed by atoms with E-state index in [1.807, 2.05) is 77.1 Å². The van der Waals surface area contributed by atoms with E-state index in [0.29, 0.717) is 18.7 Å². The van der Waals surface area contributed by atoms with Gasteiger partial charge in [-0.15, -0.1) is 0 Å². The lowest BCUT2D eigenvalue weighted by Crippen LogP contribution is -2.52. The van der Waals surface area contributed by atoms with Crippen LogP contribution in [0.5, 0.6) is 0 Å². The molecule has 0 aliphatic heterocycles. The van der Waals surface area contributed by atoms with Crippen molar-refractivity contribution in [2.24, 2.45) is 0 Å². The summed E-state index contributed by atoms with van der Waals surface area (Å²) in [5.74, 6) is -0.639. The van der Waals surface area contributed by atoms with Crippen molar-refractivity contribution >= 4 is 27.5 Å². The maximum absolute atomic E-state index is 13.8. The van der Waals surface area contributed by atoms with E-state index >= 15 is 0 Å². The van der Waals surface area contributed by atoms with Crippen LogP contribution in [0.15, 0.2) is 42.5 Å². The number of para-hydroxylation sites is 1. The molecule has 0 aliphatic carbocycles. The number of benzene rings is 2. The molecule has 35 heavy (non-hydrogen) atoms. The van der Waals surface area contributed by atoms with Crippen LogP contribution >= 0.6 is 0 Å². The fourth-order valence-corrected chi connectivity index (χ4v) is 5.14. The number of unbranched alkanes of at least 4 members (excludes halogenated alkanes) is 1. The molecule has 0 saturated carbocycles. The molecule has 2 amide bonds.